The molecule has 3 unspecified atom stereocenters. The van der Waals surface area contributed by atoms with E-state index in [2.05, 4.69) is 10.2 Å². The quantitative estimate of drug-likeness (QED) is 0.529. The summed E-state index contributed by atoms with van der Waals surface area (Å²) in [7, 11) is 3.25. The van der Waals surface area contributed by atoms with E-state index in [0.29, 0.717) is 35.7 Å². The second-order valence-electron chi connectivity index (χ2n) is 9.54. The molecule has 1 saturated heterocycles. The third-order valence-corrected chi connectivity index (χ3v) is 7.47. The van der Waals surface area contributed by atoms with Gasteiger partial charge in [0.2, 0.25) is 5.91 Å². The normalized spacial score (nSPS) is 23.9. The zero-order chi connectivity index (χ0) is 25.7. The monoisotopic (exact) mass is 496 g/mol. The smallest absolute Gasteiger partial charge is 0.340 e. The van der Waals surface area contributed by atoms with Crippen molar-refractivity contribution < 1.29 is 28.9 Å². The lowest BCUT2D eigenvalue weighted by Crippen LogP contribution is -2.56. The maximum absolute atomic E-state index is 13.3. The van der Waals surface area contributed by atoms with E-state index >= 15 is 0 Å². The Kier molecular flexibility index (Phi) is 8.16. The molecule has 8 heteroatoms. The molecule has 0 bridgehead atoms. The van der Waals surface area contributed by atoms with Crippen molar-refractivity contribution in [3.8, 4) is 11.5 Å². The zero-order valence-electron chi connectivity index (χ0n) is 21.3. The second-order valence-corrected chi connectivity index (χ2v) is 9.54. The van der Waals surface area contributed by atoms with E-state index in [9.17, 15) is 14.7 Å². The molecule has 0 spiro atoms. The van der Waals surface area contributed by atoms with E-state index in [1.165, 1.54) is 0 Å². The summed E-state index contributed by atoms with van der Waals surface area (Å²) in [6.07, 6.45) is 4.26. The number of hydrogen-bond acceptors (Lipinski definition) is 7. The average molecular weight is 497 g/mol. The van der Waals surface area contributed by atoms with Crippen LogP contribution < -0.4 is 14.8 Å². The second kappa shape index (κ2) is 11.3. The summed E-state index contributed by atoms with van der Waals surface area (Å²) in [6.45, 7) is 2.66. The van der Waals surface area contributed by atoms with E-state index in [4.69, 9.17) is 14.2 Å². The molecule has 2 aromatic carbocycles. The molecule has 3 atom stereocenters. The molecule has 1 heterocycles. The number of likely N-dealkylation sites (tertiary alicyclic amines) is 1. The van der Waals surface area contributed by atoms with E-state index in [-0.39, 0.29) is 31.0 Å². The summed E-state index contributed by atoms with van der Waals surface area (Å²) in [5, 5.41) is 14.5. The Bertz CT molecular complexity index is 1090. The number of carbonyl (C=O) groups excluding carboxylic acids is 2. The first-order chi connectivity index (χ1) is 17.4. The van der Waals surface area contributed by atoms with Gasteiger partial charge in [-0.1, -0.05) is 25.0 Å². The van der Waals surface area contributed by atoms with Gasteiger partial charge in [-0.25, -0.2) is 4.79 Å². The number of hydrogen-bond donors (Lipinski definition) is 2. The van der Waals surface area contributed by atoms with Crippen molar-refractivity contribution in [2.45, 2.75) is 50.7 Å². The Labute approximate surface area is 212 Å². The third-order valence-electron chi connectivity index (χ3n) is 7.47. The summed E-state index contributed by atoms with van der Waals surface area (Å²) < 4.78 is 16.3. The van der Waals surface area contributed by atoms with Crippen molar-refractivity contribution in [1.29, 1.82) is 0 Å². The minimum Gasteiger partial charge on any atom is -0.497 e. The minimum absolute atomic E-state index is 0.0411. The number of para-hydroxylation sites is 1. The maximum Gasteiger partial charge on any atom is 0.340 e. The number of nitrogens with one attached hydrogen (secondary N) is 1. The van der Waals surface area contributed by atoms with Crippen LogP contribution in [0.4, 0.5) is 5.69 Å². The molecule has 2 fully saturated rings. The van der Waals surface area contributed by atoms with Gasteiger partial charge >= 0.3 is 5.97 Å². The Morgan fingerprint density at radius 3 is 2.67 bits per heavy atom. The first-order valence-electron chi connectivity index (χ1n) is 12.6. The van der Waals surface area contributed by atoms with Gasteiger partial charge in [-0.15, -0.1) is 0 Å². The van der Waals surface area contributed by atoms with Crippen LogP contribution in [0.5, 0.6) is 11.5 Å². The van der Waals surface area contributed by atoms with E-state index in [1.807, 2.05) is 18.2 Å². The SMILES string of the molecule is CCOC(=O)c1ccccc1NC(=O)CN1CCC2(O)CCCCC2C1c1cc(OC)ccc1OC. The number of esters is 1. The standard InChI is InChI=1S/C28H36N2O6/c1-4-36-27(32)20-9-5-6-11-23(20)29-25(31)18-30-16-15-28(33)14-8-7-10-22(28)26(30)21-17-19(34-2)12-13-24(21)35-3/h5-6,9,11-13,17,22,26,33H,4,7-8,10,14-16,18H2,1-3H3,(H,29,31). The summed E-state index contributed by atoms with van der Waals surface area (Å²) in [5.74, 6) is 0.648. The number of piperidine rings is 1. The molecule has 8 nitrogen and oxygen atoms in total. The molecular weight excluding hydrogens is 460 g/mol. The number of anilines is 1. The number of carbonyl (C=O) groups is 2. The lowest BCUT2D eigenvalue weighted by molar-refractivity contribution is -0.135. The molecule has 1 aliphatic carbocycles. The van der Waals surface area contributed by atoms with Crippen molar-refractivity contribution in [3.63, 3.8) is 0 Å². The van der Waals surface area contributed by atoms with Crippen LogP contribution in [0.2, 0.25) is 0 Å². The van der Waals surface area contributed by atoms with Crippen LogP contribution in [0.1, 0.15) is 61.0 Å². The van der Waals surface area contributed by atoms with Gasteiger partial charge in [0.05, 0.1) is 44.2 Å². The van der Waals surface area contributed by atoms with Crippen molar-refractivity contribution in [1.82, 2.24) is 4.90 Å². The van der Waals surface area contributed by atoms with Crippen molar-refractivity contribution in [2.24, 2.45) is 5.92 Å². The van der Waals surface area contributed by atoms with Crippen LogP contribution in [0.3, 0.4) is 0 Å². The Morgan fingerprint density at radius 1 is 1.11 bits per heavy atom. The number of aliphatic hydroxyl groups is 1. The predicted octanol–water partition coefficient (Wildman–Crippen LogP) is 4.19. The first-order valence-corrected chi connectivity index (χ1v) is 12.6. The molecular formula is C28H36N2O6. The molecule has 0 aromatic heterocycles. The van der Waals surface area contributed by atoms with E-state index in [0.717, 1.165) is 31.2 Å². The number of rotatable bonds is 8. The van der Waals surface area contributed by atoms with Gasteiger partial charge in [0.15, 0.2) is 0 Å². The highest BCUT2D eigenvalue weighted by Gasteiger charge is 2.50. The van der Waals surface area contributed by atoms with Crippen molar-refractivity contribution in [3.05, 3.63) is 53.6 Å². The number of fused-ring (bicyclic) bond motifs is 1. The maximum atomic E-state index is 13.3. The van der Waals surface area contributed by atoms with Crippen LogP contribution in [0.25, 0.3) is 0 Å². The number of benzene rings is 2. The fourth-order valence-corrected chi connectivity index (χ4v) is 5.76. The fourth-order valence-electron chi connectivity index (χ4n) is 5.76. The van der Waals surface area contributed by atoms with Crippen molar-refractivity contribution in [2.75, 3.05) is 39.2 Å². The van der Waals surface area contributed by atoms with Gasteiger partial charge < -0.3 is 24.6 Å². The highest BCUT2D eigenvalue weighted by Crippen LogP contribution is 2.51. The van der Waals surface area contributed by atoms with Crippen molar-refractivity contribution >= 4 is 17.6 Å². The first kappa shape index (κ1) is 26.0. The van der Waals surface area contributed by atoms with Crippen LogP contribution in [0.15, 0.2) is 42.5 Å². The molecule has 1 saturated carbocycles. The van der Waals surface area contributed by atoms with Crippen LogP contribution >= 0.6 is 0 Å². The molecule has 4 rings (SSSR count). The van der Waals surface area contributed by atoms with Gasteiger partial charge in [0.25, 0.3) is 0 Å². The molecule has 2 aliphatic rings. The summed E-state index contributed by atoms with van der Waals surface area (Å²) >= 11 is 0. The third kappa shape index (κ3) is 5.34. The van der Waals surface area contributed by atoms with Gasteiger partial charge in [0, 0.05) is 24.1 Å². The lowest BCUT2D eigenvalue weighted by atomic mass is 9.66. The number of amides is 1. The average Bonchev–Trinajstić information content (AvgIpc) is 2.88. The number of ether oxygens (including phenoxy) is 3. The molecule has 2 N–H and O–H groups in total. The molecule has 1 amide bonds. The van der Waals surface area contributed by atoms with Gasteiger partial charge in [0.1, 0.15) is 11.5 Å². The molecule has 2 aromatic rings. The summed E-state index contributed by atoms with van der Waals surface area (Å²) in [5.41, 5.74) is 0.865. The van der Waals surface area contributed by atoms with Crippen LogP contribution in [0, 0.1) is 5.92 Å². The highest BCUT2D eigenvalue weighted by molar-refractivity contribution is 6.01. The Balaban J connectivity index is 1.63. The molecule has 194 valence electrons. The number of methoxy groups -OCH3 is 2. The van der Waals surface area contributed by atoms with Gasteiger partial charge in [-0.3, -0.25) is 9.69 Å². The Hall–Kier alpha value is -3.10. The topological polar surface area (TPSA) is 97.3 Å². The minimum atomic E-state index is -0.777. The number of nitrogens with zero attached hydrogens (tertiary/aromatic N) is 1. The molecule has 0 radical (unpaired) electrons. The largest absolute Gasteiger partial charge is 0.497 e. The summed E-state index contributed by atoms with van der Waals surface area (Å²) in [6, 6.07) is 12.3. The Morgan fingerprint density at radius 2 is 1.92 bits per heavy atom. The van der Waals surface area contributed by atoms with E-state index < -0.39 is 11.6 Å². The molecule has 36 heavy (non-hydrogen) atoms. The zero-order valence-corrected chi connectivity index (χ0v) is 21.3. The highest BCUT2D eigenvalue weighted by atomic mass is 16.5. The van der Waals surface area contributed by atoms with Gasteiger partial charge in [-0.05, 0) is 56.5 Å². The van der Waals surface area contributed by atoms with Gasteiger partial charge in [-0.2, -0.15) is 0 Å². The summed E-state index contributed by atoms with van der Waals surface area (Å²) in [4.78, 5) is 27.8. The fraction of sp³-hybridized carbons (Fsp3) is 0.500. The van der Waals surface area contributed by atoms with E-state index in [1.54, 1.807) is 45.4 Å². The van der Waals surface area contributed by atoms with Crippen LogP contribution in [-0.4, -0.2) is 61.4 Å². The predicted molar refractivity (Wildman–Crippen MR) is 136 cm³/mol. The lowest BCUT2D eigenvalue weighted by Gasteiger charge is -2.52. The molecule has 1 aliphatic heterocycles. The van der Waals surface area contributed by atoms with Crippen LogP contribution in [-0.2, 0) is 9.53 Å².